The highest BCUT2D eigenvalue weighted by molar-refractivity contribution is 7.86. The van der Waals surface area contributed by atoms with Crippen LogP contribution in [-0.4, -0.2) is 27.2 Å². The smallest absolute Gasteiger partial charge is 0.297 e. The summed E-state index contributed by atoms with van der Waals surface area (Å²) in [6.45, 7) is 1.41. The summed E-state index contributed by atoms with van der Waals surface area (Å²) >= 11 is 0. The zero-order valence-electron chi connectivity index (χ0n) is 13.8. The SMILES string of the molecule is COc1cccc2cc([C@@H](O)COS(=O)(=O)c3ccc(C)cc3)oc12. The van der Waals surface area contributed by atoms with Crippen molar-refractivity contribution in [3.05, 3.63) is 59.9 Å². The quantitative estimate of drug-likeness (QED) is 0.678. The highest BCUT2D eigenvalue weighted by Crippen LogP contribution is 2.31. The number of para-hydroxylation sites is 1. The Bertz CT molecular complexity index is 972. The minimum absolute atomic E-state index is 0.0385. The van der Waals surface area contributed by atoms with Crippen molar-refractivity contribution in [2.24, 2.45) is 0 Å². The fraction of sp³-hybridized carbons (Fsp3) is 0.222. The van der Waals surface area contributed by atoms with Crippen LogP contribution in [0.1, 0.15) is 17.4 Å². The van der Waals surface area contributed by atoms with Crippen molar-refractivity contribution >= 4 is 21.1 Å². The minimum Gasteiger partial charge on any atom is -0.493 e. The van der Waals surface area contributed by atoms with Gasteiger partial charge >= 0.3 is 0 Å². The van der Waals surface area contributed by atoms with Gasteiger partial charge in [-0.15, -0.1) is 0 Å². The molecule has 0 bridgehead atoms. The Kier molecular flexibility index (Phi) is 4.80. The molecule has 0 amide bonds. The first-order valence-corrected chi connectivity index (χ1v) is 9.02. The molecule has 0 saturated carbocycles. The van der Waals surface area contributed by atoms with Crippen molar-refractivity contribution < 1.29 is 26.9 Å². The van der Waals surface area contributed by atoms with Crippen LogP contribution in [0.2, 0.25) is 0 Å². The number of benzene rings is 2. The van der Waals surface area contributed by atoms with Gasteiger partial charge in [0.25, 0.3) is 10.1 Å². The molecule has 132 valence electrons. The van der Waals surface area contributed by atoms with Gasteiger partial charge < -0.3 is 14.3 Å². The molecule has 0 spiro atoms. The second-order valence-electron chi connectivity index (χ2n) is 5.59. The number of aliphatic hydroxyl groups excluding tert-OH is 1. The van der Waals surface area contributed by atoms with Crippen LogP contribution in [0.3, 0.4) is 0 Å². The van der Waals surface area contributed by atoms with E-state index in [-0.39, 0.29) is 10.7 Å². The van der Waals surface area contributed by atoms with E-state index in [1.54, 1.807) is 30.3 Å². The van der Waals surface area contributed by atoms with E-state index in [1.807, 2.05) is 13.0 Å². The molecule has 1 atom stereocenters. The molecule has 0 radical (unpaired) electrons. The lowest BCUT2D eigenvalue weighted by Crippen LogP contribution is -2.13. The highest BCUT2D eigenvalue weighted by Gasteiger charge is 2.21. The molecule has 0 aliphatic heterocycles. The van der Waals surface area contributed by atoms with Crippen LogP contribution in [-0.2, 0) is 14.3 Å². The van der Waals surface area contributed by atoms with Crippen LogP contribution in [0.25, 0.3) is 11.0 Å². The molecule has 6 nitrogen and oxygen atoms in total. The van der Waals surface area contributed by atoms with Gasteiger partial charge in [0.15, 0.2) is 11.3 Å². The summed E-state index contributed by atoms with van der Waals surface area (Å²) in [7, 11) is -2.43. The zero-order chi connectivity index (χ0) is 18.0. The van der Waals surface area contributed by atoms with Gasteiger partial charge in [-0.1, -0.05) is 29.8 Å². The minimum atomic E-state index is -3.95. The topological polar surface area (TPSA) is 86.0 Å². The monoisotopic (exact) mass is 362 g/mol. The molecule has 0 unspecified atom stereocenters. The lowest BCUT2D eigenvalue weighted by Gasteiger charge is -2.09. The van der Waals surface area contributed by atoms with E-state index in [4.69, 9.17) is 13.3 Å². The molecule has 0 aliphatic rings. The summed E-state index contributed by atoms with van der Waals surface area (Å²) < 4.78 is 40.1. The summed E-state index contributed by atoms with van der Waals surface area (Å²) in [5, 5.41) is 11.0. The van der Waals surface area contributed by atoms with Crippen LogP contribution in [0.4, 0.5) is 0 Å². The largest absolute Gasteiger partial charge is 0.493 e. The van der Waals surface area contributed by atoms with E-state index in [0.717, 1.165) is 10.9 Å². The second-order valence-corrected chi connectivity index (χ2v) is 7.21. The normalized spacial score (nSPS) is 13.1. The van der Waals surface area contributed by atoms with Gasteiger partial charge in [-0.3, -0.25) is 4.18 Å². The molecule has 2 aromatic carbocycles. The Labute approximate surface area is 145 Å². The number of rotatable bonds is 6. The van der Waals surface area contributed by atoms with E-state index in [2.05, 4.69) is 0 Å². The first kappa shape index (κ1) is 17.5. The summed E-state index contributed by atoms with van der Waals surface area (Å²) in [4.78, 5) is 0.0385. The van der Waals surface area contributed by atoms with Gasteiger partial charge in [-0.2, -0.15) is 8.42 Å². The molecule has 0 saturated heterocycles. The third-order valence-electron chi connectivity index (χ3n) is 3.77. The van der Waals surface area contributed by atoms with Crippen molar-refractivity contribution in [1.29, 1.82) is 0 Å². The van der Waals surface area contributed by atoms with Gasteiger partial charge in [-0.05, 0) is 31.2 Å². The van der Waals surface area contributed by atoms with Crippen molar-refractivity contribution in [1.82, 2.24) is 0 Å². The maximum absolute atomic E-state index is 12.2. The summed E-state index contributed by atoms with van der Waals surface area (Å²) in [6.07, 6.45) is -1.22. The first-order valence-electron chi connectivity index (χ1n) is 7.61. The summed E-state index contributed by atoms with van der Waals surface area (Å²) in [5.74, 6) is 0.739. The molecule has 3 aromatic rings. The zero-order valence-corrected chi connectivity index (χ0v) is 14.6. The number of fused-ring (bicyclic) bond motifs is 1. The van der Waals surface area contributed by atoms with E-state index in [9.17, 15) is 13.5 Å². The van der Waals surface area contributed by atoms with Gasteiger partial charge in [0.2, 0.25) is 0 Å². The van der Waals surface area contributed by atoms with Gasteiger partial charge in [0.1, 0.15) is 11.9 Å². The molecule has 3 rings (SSSR count). The van der Waals surface area contributed by atoms with E-state index < -0.39 is 22.8 Å². The second kappa shape index (κ2) is 6.87. The van der Waals surface area contributed by atoms with E-state index >= 15 is 0 Å². The Morgan fingerprint density at radius 1 is 1.16 bits per heavy atom. The highest BCUT2D eigenvalue weighted by atomic mass is 32.2. The summed E-state index contributed by atoms with van der Waals surface area (Å²) in [5.41, 5.74) is 1.43. The van der Waals surface area contributed by atoms with E-state index in [0.29, 0.717) is 11.3 Å². The van der Waals surface area contributed by atoms with Crippen LogP contribution in [0.5, 0.6) is 5.75 Å². The maximum atomic E-state index is 12.2. The fourth-order valence-corrected chi connectivity index (χ4v) is 3.30. The molecule has 1 N–H and O–H groups in total. The number of furan rings is 1. The predicted molar refractivity (Wildman–Crippen MR) is 92.0 cm³/mol. The van der Waals surface area contributed by atoms with Crippen LogP contribution in [0.15, 0.2) is 57.8 Å². The third-order valence-corrected chi connectivity index (χ3v) is 5.06. The van der Waals surface area contributed by atoms with Crippen LogP contribution >= 0.6 is 0 Å². The summed E-state index contributed by atoms with van der Waals surface area (Å²) in [6, 6.07) is 13.2. The Hall–Kier alpha value is -2.35. The van der Waals surface area contributed by atoms with E-state index in [1.165, 1.54) is 19.2 Å². The fourth-order valence-electron chi connectivity index (χ4n) is 2.39. The average molecular weight is 362 g/mol. The number of ether oxygens (including phenoxy) is 1. The lowest BCUT2D eigenvalue weighted by atomic mass is 10.2. The van der Waals surface area contributed by atoms with Gasteiger partial charge in [0, 0.05) is 5.39 Å². The van der Waals surface area contributed by atoms with Crippen LogP contribution in [0, 0.1) is 6.92 Å². The predicted octanol–water partition coefficient (Wildman–Crippen LogP) is 3.19. The molecular formula is C18H18O6S. The van der Waals surface area contributed by atoms with Crippen molar-refractivity contribution in [3.8, 4) is 5.75 Å². The molecule has 1 heterocycles. The first-order chi connectivity index (χ1) is 11.9. The van der Waals surface area contributed by atoms with Gasteiger partial charge in [-0.25, -0.2) is 0 Å². The van der Waals surface area contributed by atoms with Gasteiger partial charge in [0.05, 0.1) is 18.6 Å². The maximum Gasteiger partial charge on any atom is 0.297 e. The lowest BCUT2D eigenvalue weighted by molar-refractivity contribution is 0.0931. The molecule has 7 heteroatoms. The Morgan fingerprint density at radius 2 is 1.88 bits per heavy atom. The molecular weight excluding hydrogens is 344 g/mol. The Morgan fingerprint density at radius 3 is 2.56 bits per heavy atom. The number of hydrogen-bond acceptors (Lipinski definition) is 6. The molecule has 0 aliphatic carbocycles. The molecule has 0 fully saturated rings. The molecule has 1 aromatic heterocycles. The van der Waals surface area contributed by atoms with Crippen molar-refractivity contribution in [3.63, 3.8) is 0 Å². The average Bonchev–Trinajstić information content (AvgIpc) is 3.04. The van der Waals surface area contributed by atoms with Crippen molar-refractivity contribution in [2.45, 2.75) is 17.9 Å². The standard InChI is InChI=1S/C18H18O6S/c1-12-6-8-14(9-7-12)25(20,21)23-11-15(19)17-10-13-4-3-5-16(22-2)18(13)24-17/h3-10,15,19H,11H2,1-2H3/t15-/m0/s1. The molecule has 25 heavy (non-hydrogen) atoms. The van der Waals surface area contributed by atoms with Crippen LogP contribution < -0.4 is 4.74 Å². The van der Waals surface area contributed by atoms with Crippen molar-refractivity contribution in [2.75, 3.05) is 13.7 Å². The number of aliphatic hydroxyl groups is 1. The Balaban J connectivity index is 1.76. The third kappa shape index (κ3) is 3.68. The number of aryl methyl sites for hydroxylation is 1. The number of hydrogen-bond donors (Lipinski definition) is 1. The number of methoxy groups -OCH3 is 1.